The molecular weight excluding hydrogens is 284 g/mol. The van der Waals surface area contributed by atoms with Crippen molar-refractivity contribution < 1.29 is 35.2 Å². The van der Waals surface area contributed by atoms with E-state index in [0.29, 0.717) is 24.4 Å². The Balaban J connectivity index is 2.73. The lowest BCUT2D eigenvalue weighted by Crippen LogP contribution is -2.64. The summed E-state index contributed by atoms with van der Waals surface area (Å²) in [4.78, 5) is 10.9. The predicted molar refractivity (Wildman–Crippen MR) is 69.8 cm³/mol. The van der Waals surface area contributed by atoms with Gasteiger partial charge in [0.15, 0.2) is 6.23 Å². The summed E-state index contributed by atoms with van der Waals surface area (Å²) in [6.07, 6.45) is -4.31. The van der Waals surface area contributed by atoms with Gasteiger partial charge in [0, 0.05) is 0 Å². The summed E-state index contributed by atoms with van der Waals surface area (Å²) in [6.45, 7) is -0.172. The molecule has 0 aromatic carbocycles. The second-order valence-electron chi connectivity index (χ2n) is 5.02. The molecule has 1 aliphatic heterocycles. The highest BCUT2D eigenvalue weighted by molar-refractivity contribution is 5.58. The van der Waals surface area contributed by atoms with Crippen LogP contribution in [-0.2, 0) is 9.53 Å². The molecule has 1 radical (unpaired) electrons. The molecule has 7 N–H and O–H groups in total. The van der Waals surface area contributed by atoms with Gasteiger partial charge in [0.05, 0.1) is 6.61 Å². The third-order valence-electron chi connectivity index (χ3n) is 3.51. The zero-order valence-electron chi connectivity index (χ0n) is 11.6. The Hall–Kier alpha value is -0.650. The average molecular weight is 307 g/mol. The van der Waals surface area contributed by atoms with E-state index in [0.717, 1.165) is 0 Å². The van der Waals surface area contributed by atoms with Crippen molar-refractivity contribution in [3.8, 4) is 0 Å². The molecule has 1 fully saturated rings. The minimum Gasteiger partial charge on any atom is -0.394 e. The molecule has 0 bridgehead atoms. The summed E-state index contributed by atoms with van der Waals surface area (Å²) in [5.74, 6) is 0. The van der Waals surface area contributed by atoms with Crippen molar-refractivity contribution >= 4 is 6.29 Å². The van der Waals surface area contributed by atoms with Gasteiger partial charge in [-0.1, -0.05) is 6.42 Å². The molecule has 1 heterocycles. The number of unbranched alkanes of at least 4 members (excludes halogenated alkanes) is 1. The first-order valence-corrected chi connectivity index (χ1v) is 6.83. The van der Waals surface area contributed by atoms with Gasteiger partial charge in [-0.25, -0.2) is 0 Å². The molecule has 123 valence electrons. The molecule has 0 saturated carbocycles. The van der Waals surface area contributed by atoms with Crippen LogP contribution in [0.1, 0.15) is 19.3 Å². The van der Waals surface area contributed by atoms with E-state index < -0.39 is 43.3 Å². The molecule has 0 aliphatic carbocycles. The fourth-order valence-corrected chi connectivity index (χ4v) is 2.21. The Labute approximate surface area is 122 Å². The Bertz CT molecular complexity index is 318. The van der Waals surface area contributed by atoms with Gasteiger partial charge in [-0.3, -0.25) is 4.79 Å². The second kappa shape index (κ2) is 8.71. The van der Waals surface area contributed by atoms with Gasteiger partial charge in [-0.15, -0.1) is 5.06 Å². The van der Waals surface area contributed by atoms with Crippen molar-refractivity contribution in [2.75, 3.05) is 13.2 Å². The van der Waals surface area contributed by atoms with Crippen LogP contribution in [-0.4, -0.2) is 86.8 Å². The monoisotopic (exact) mass is 307 g/mol. The molecule has 0 aromatic rings. The van der Waals surface area contributed by atoms with Crippen LogP contribution < -0.4 is 5.73 Å². The molecule has 0 aromatic heterocycles. The van der Waals surface area contributed by atoms with Crippen molar-refractivity contribution in [1.29, 1.82) is 0 Å². The molecule has 1 unspecified atom stereocenters. The van der Waals surface area contributed by atoms with E-state index in [9.17, 15) is 25.3 Å². The highest BCUT2D eigenvalue weighted by Crippen LogP contribution is 2.24. The first-order chi connectivity index (χ1) is 9.97. The zero-order valence-corrected chi connectivity index (χ0v) is 11.6. The zero-order chi connectivity index (χ0) is 16.0. The number of hydrogen-bond donors (Lipinski definition) is 6. The number of ether oxygens (including phenoxy) is 1. The van der Waals surface area contributed by atoms with Gasteiger partial charge in [-0.05, 0) is 19.4 Å². The number of nitrogens with zero attached hydrogens (tertiary/aromatic N) is 1. The third-order valence-corrected chi connectivity index (χ3v) is 3.51. The van der Waals surface area contributed by atoms with Crippen LogP contribution in [0.4, 0.5) is 0 Å². The van der Waals surface area contributed by atoms with E-state index in [2.05, 4.69) is 0 Å². The molecule has 6 atom stereocenters. The minimum absolute atomic E-state index is 0.242. The van der Waals surface area contributed by atoms with Crippen LogP contribution in [0.3, 0.4) is 0 Å². The molecule has 1 aliphatic rings. The lowest BCUT2D eigenvalue weighted by molar-refractivity contribution is -0.325. The first-order valence-electron chi connectivity index (χ1n) is 6.83. The van der Waals surface area contributed by atoms with E-state index in [1.807, 2.05) is 0 Å². The highest BCUT2D eigenvalue weighted by Gasteiger charge is 2.47. The van der Waals surface area contributed by atoms with Gasteiger partial charge >= 0.3 is 0 Å². The standard InChI is InChI=1S/C12H23N2O7/c13-4-2-1-3-7(5-15)14(20)12-11(19)10(18)9(17)8(6-16)21-12/h7-12,16-20H,1-4,6,13H2/t7-,8+,9-,10-,11+,12?/m0/s1. The van der Waals surface area contributed by atoms with Gasteiger partial charge in [-0.2, -0.15) is 0 Å². The smallest absolute Gasteiger partial charge is 0.219 e. The summed E-state index contributed by atoms with van der Waals surface area (Å²) in [5, 5.41) is 48.6. The van der Waals surface area contributed by atoms with E-state index in [4.69, 9.17) is 15.6 Å². The van der Waals surface area contributed by atoms with Gasteiger partial charge < -0.3 is 36.1 Å². The SMILES string of the molecule is NCCCC[C@@H]([C]=O)N(O)C1O[C@H](CO)[C@H](O)[C@H](O)[C@H]1O. The van der Waals surface area contributed by atoms with Crippen LogP contribution in [0.25, 0.3) is 0 Å². The highest BCUT2D eigenvalue weighted by atomic mass is 16.6. The topological polar surface area (TPSA) is 157 Å². The fraction of sp³-hybridized carbons (Fsp3) is 0.917. The third kappa shape index (κ3) is 4.41. The quantitative estimate of drug-likeness (QED) is 0.204. The molecule has 1 rings (SSSR count). The van der Waals surface area contributed by atoms with Crippen molar-refractivity contribution in [3.63, 3.8) is 0 Å². The number of hydrogen-bond acceptors (Lipinski definition) is 9. The predicted octanol–water partition coefficient (Wildman–Crippen LogP) is -2.92. The Morgan fingerprint density at radius 2 is 1.86 bits per heavy atom. The second-order valence-corrected chi connectivity index (χ2v) is 5.02. The van der Waals surface area contributed by atoms with Crippen molar-refractivity contribution in [3.05, 3.63) is 0 Å². The number of nitrogens with two attached hydrogens (primary N) is 1. The van der Waals surface area contributed by atoms with Gasteiger partial charge in [0.25, 0.3) is 0 Å². The normalized spacial score (nSPS) is 34.9. The number of hydroxylamine groups is 2. The van der Waals surface area contributed by atoms with Crippen LogP contribution in [0, 0.1) is 0 Å². The maximum absolute atomic E-state index is 10.9. The lowest BCUT2D eigenvalue weighted by atomic mass is 9.97. The number of carbonyl (C=O) groups excluding carboxylic acids is 1. The molecule has 1 saturated heterocycles. The molecule has 9 nitrogen and oxygen atoms in total. The number of rotatable bonds is 8. The summed E-state index contributed by atoms with van der Waals surface area (Å²) in [6, 6.07) is -1.07. The molecule has 0 spiro atoms. The molecule has 0 amide bonds. The Kier molecular flexibility index (Phi) is 7.63. The van der Waals surface area contributed by atoms with Crippen molar-refractivity contribution in [2.24, 2.45) is 5.73 Å². The molecular formula is C12H23N2O7. The van der Waals surface area contributed by atoms with E-state index in [1.54, 1.807) is 6.29 Å². The van der Waals surface area contributed by atoms with E-state index in [1.165, 1.54) is 0 Å². The van der Waals surface area contributed by atoms with Gasteiger partial charge in [0.2, 0.25) is 6.29 Å². The lowest BCUT2D eigenvalue weighted by Gasteiger charge is -2.43. The van der Waals surface area contributed by atoms with Crippen molar-refractivity contribution in [2.45, 2.75) is 55.9 Å². The summed E-state index contributed by atoms with van der Waals surface area (Å²) in [7, 11) is 0. The first kappa shape index (κ1) is 18.4. The largest absolute Gasteiger partial charge is 0.394 e. The fourth-order valence-electron chi connectivity index (χ4n) is 2.21. The van der Waals surface area contributed by atoms with Crippen LogP contribution in [0.2, 0.25) is 0 Å². The maximum atomic E-state index is 10.9. The van der Waals surface area contributed by atoms with Crippen molar-refractivity contribution in [1.82, 2.24) is 5.06 Å². The number of aliphatic hydroxyl groups excluding tert-OH is 4. The van der Waals surface area contributed by atoms with Crippen LogP contribution >= 0.6 is 0 Å². The maximum Gasteiger partial charge on any atom is 0.219 e. The van der Waals surface area contributed by atoms with Crippen LogP contribution in [0.5, 0.6) is 0 Å². The Morgan fingerprint density at radius 3 is 2.38 bits per heavy atom. The summed E-state index contributed by atoms with van der Waals surface area (Å²) >= 11 is 0. The Morgan fingerprint density at radius 1 is 1.19 bits per heavy atom. The number of aliphatic hydroxyl groups is 4. The van der Waals surface area contributed by atoms with E-state index >= 15 is 0 Å². The van der Waals surface area contributed by atoms with Gasteiger partial charge in [0.1, 0.15) is 30.5 Å². The summed E-state index contributed by atoms with van der Waals surface area (Å²) < 4.78 is 5.14. The molecule has 21 heavy (non-hydrogen) atoms. The minimum atomic E-state index is -1.64. The van der Waals surface area contributed by atoms with E-state index in [-0.39, 0.29) is 6.42 Å². The summed E-state index contributed by atoms with van der Waals surface area (Å²) in [5.41, 5.74) is 5.34. The average Bonchev–Trinajstić information content (AvgIpc) is 2.49. The molecule has 9 heteroatoms. The van der Waals surface area contributed by atoms with Crippen LogP contribution in [0.15, 0.2) is 0 Å².